The lowest BCUT2D eigenvalue weighted by atomic mass is 10.1. The number of benzene rings is 1. The molecule has 0 atom stereocenters. The smallest absolute Gasteiger partial charge is 0.254 e. The van der Waals surface area contributed by atoms with E-state index in [9.17, 15) is 9.59 Å². The zero-order valence-corrected chi connectivity index (χ0v) is 14.2. The van der Waals surface area contributed by atoms with Gasteiger partial charge in [0.05, 0.1) is 0 Å². The highest BCUT2D eigenvalue weighted by Gasteiger charge is 2.18. The van der Waals surface area contributed by atoms with Gasteiger partial charge < -0.3 is 10.2 Å². The van der Waals surface area contributed by atoms with Gasteiger partial charge in [0.1, 0.15) is 6.54 Å². The molecule has 1 N–H and O–H groups in total. The lowest BCUT2D eigenvalue weighted by molar-refractivity contribution is -0.116. The van der Waals surface area contributed by atoms with Gasteiger partial charge in [0.15, 0.2) is 5.13 Å². The third-order valence-corrected chi connectivity index (χ3v) is 4.09. The molecule has 1 aromatic heterocycles. The van der Waals surface area contributed by atoms with Crippen molar-refractivity contribution in [2.75, 3.05) is 18.4 Å². The predicted octanol–water partition coefficient (Wildman–Crippen LogP) is 3.20. The van der Waals surface area contributed by atoms with Crippen LogP contribution < -0.4 is 5.32 Å². The normalized spacial score (nSPS) is 10.3. The van der Waals surface area contributed by atoms with E-state index in [1.807, 2.05) is 31.2 Å². The number of aromatic nitrogens is 1. The van der Waals surface area contributed by atoms with Gasteiger partial charge in [-0.2, -0.15) is 0 Å². The minimum absolute atomic E-state index is 0.0295. The van der Waals surface area contributed by atoms with Crippen LogP contribution in [0.3, 0.4) is 0 Å². The van der Waals surface area contributed by atoms with Gasteiger partial charge in [-0.05, 0) is 30.5 Å². The fourth-order valence-corrected chi connectivity index (χ4v) is 2.75. The second-order valence-electron chi connectivity index (χ2n) is 5.16. The third-order valence-electron chi connectivity index (χ3n) is 3.40. The predicted molar refractivity (Wildman–Crippen MR) is 92.8 cm³/mol. The number of hydrogen-bond donors (Lipinski definition) is 1. The molecule has 0 aliphatic rings. The van der Waals surface area contributed by atoms with Gasteiger partial charge in [0.25, 0.3) is 5.91 Å². The zero-order chi connectivity index (χ0) is 16.7. The van der Waals surface area contributed by atoms with Gasteiger partial charge in [-0.15, -0.1) is 11.3 Å². The maximum absolute atomic E-state index is 12.6. The number of anilines is 1. The quantitative estimate of drug-likeness (QED) is 0.847. The number of thiazole rings is 1. The molecule has 0 fully saturated rings. The van der Waals surface area contributed by atoms with Crippen molar-refractivity contribution in [3.05, 3.63) is 47.0 Å². The summed E-state index contributed by atoms with van der Waals surface area (Å²) >= 11 is 1.35. The molecule has 23 heavy (non-hydrogen) atoms. The molecule has 2 amide bonds. The summed E-state index contributed by atoms with van der Waals surface area (Å²) in [5, 5.41) is 5.05. The average Bonchev–Trinajstić information content (AvgIpc) is 3.06. The summed E-state index contributed by atoms with van der Waals surface area (Å²) in [5.41, 5.74) is 1.79. The molecule has 0 unspecified atom stereocenters. The van der Waals surface area contributed by atoms with Crippen molar-refractivity contribution in [2.24, 2.45) is 0 Å². The number of carbonyl (C=O) groups excluding carboxylic acids is 2. The first-order chi connectivity index (χ1) is 11.1. The molecular formula is C17H21N3O2S. The summed E-state index contributed by atoms with van der Waals surface area (Å²) in [6.45, 7) is 4.63. The van der Waals surface area contributed by atoms with Crippen molar-refractivity contribution in [1.29, 1.82) is 0 Å². The van der Waals surface area contributed by atoms with E-state index in [0.717, 1.165) is 12.8 Å². The van der Waals surface area contributed by atoms with Crippen molar-refractivity contribution < 1.29 is 9.59 Å². The van der Waals surface area contributed by atoms with Crippen LogP contribution in [-0.4, -0.2) is 34.8 Å². The Morgan fingerprint density at radius 1 is 1.22 bits per heavy atom. The molecule has 5 nitrogen and oxygen atoms in total. The van der Waals surface area contributed by atoms with E-state index in [0.29, 0.717) is 17.2 Å². The van der Waals surface area contributed by atoms with Crippen LogP contribution in [0.4, 0.5) is 5.13 Å². The molecule has 0 saturated heterocycles. The molecule has 1 heterocycles. The van der Waals surface area contributed by atoms with E-state index in [-0.39, 0.29) is 18.4 Å². The molecule has 1 aromatic carbocycles. The van der Waals surface area contributed by atoms with Crippen LogP contribution >= 0.6 is 11.3 Å². The van der Waals surface area contributed by atoms with Crippen molar-refractivity contribution in [2.45, 2.75) is 26.7 Å². The molecule has 0 spiro atoms. The summed E-state index contributed by atoms with van der Waals surface area (Å²) < 4.78 is 0. The SMILES string of the molecule is CCCN(CC(=O)Nc1nccs1)C(=O)c1ccc(CC)cc1. The second kappa shape index (κ2) is 8.43. The molecule has 0 aliphatic heterocycles. The van der Waals surface area contributed by atoms with Crippen molar-refractivity contribution in [3.63, 3.8) is 0 Å². The Kier molecular flexibility index (Phi) is 6.29. The molecule has 0 bridgehead atoms. The number of rotatable bonds is 7. The minimum Gasteiger partial charge on any atom is -0.329 e. The van der Waals surface area contributed by atoms with Gasteiger partial charge >= 0.3 is 0 Å². The highest BCUT2D eigenvalue weighted by molar-refractivity contribution is 7.13. The summed E-state index contributed by atoms with van der Waals surface area (Å²) in [5.74, 6) is -0.351. The average molecular weight is 331 g/mol. The van der Waals surface area contributed by atoms with E-state index in [2.05, 4.69) is 17.2 Å². The molecule has 0 saturated carbocycles. The number of amides is 2. The lowest BCUT2D eigenvalue weighted by Gasteiger charge is -2.21. The van der Waals surface area contributed by atoms with Crippen molar-refractivity contribution in [3.8, 4) is 0 Å². The summed E-state index contributed by atoms with van der Waals surface area (Å²) in [6, 6.07) is 7.55. The number of carbonyl (C=O) groups is 2. The molecule has 2 rings (SSSR count). The summed E-state index contributed by atoms with van der Waals surface area (Å²) in [6.07, 6.45) is 3.36. The molecule has 2 aromatic rings. The molecule has 6 heteroatoms. The van der Waals surface area contributed by atoms with Gasteiger partial charge in [0.2, 0.25) is 5.91 Å². The number of nitrogens with zero attached hydrogens (tertiary/aromatic N) is 2. The minimum atomic E-state index is -0.230. The Balaban J connectivity index is 2.03. The summed E-state index contributed by atoms with van der Waals surface area (Å²) in [4.78, 5) is 30.3. The van der Waals surface area contributed by atoms with Crippen LogP contribution in [0, 0.1) is 0 Å². The number of hydrogen-bond acceptors (Lipinski definition) is 4. The first-order valence-corrected chi connectivity index (χ1v) is 8.59. The summed E-state index contributed by atoms with van der Waals surface area (Å²) in [7, 11) is 0. The van der Waals surface area contributed by atoms with Crippen LogP contribution in [0.2, 0.25) is 0 Å². The van der Waals surface area contributed by atoms with E-state index in [1.165, 1.54) is 16.9 Å². The molecule has 0 aliphatic carbocycles. The topological polar surface area (TPSA) is 62.3 Å². The fourth-order valence-electron chi connectivity index (χ4n) is 2.21. The second-order valence-corrected chi connectivity index (χ2v) is 6.06. The molecule has 122 valence electrons. The monoisotopic (exact) mass is 331 g/mol. The Labute approximate surface area is 140 Å². The van der Waals surface area contributed by atoms with Gasteiger partial charge in [0, 0.05) is 23.7 Å². The van der Waals surface area contributed by atoms with Crippen molar-refractivity contribution in [1.82, 2.24) is 9.88 Å². The molecule has 0 radical (unpaired) electrons. The van der Waals surface area contributed by atoms with E-state index in [1.54, 1.807) is 16.5 Å². The lowest BCUT2D eigenvalue weighted by Crippen LogP contribution is -2.38. The van der Waals surface area contributed by atoms with Crippen LogP contribution in [0.15, 0.2) is 35.8 Å². The number of nitrogens with one attached hydrogen (secondary N) is 1. The first kappa shape index (κ1) is 17.1. The standard InChI is InChI=1S/C17H21N3O2S/c1-3-10-20(12-15(21)19-17-18-9-11-23-17)16(22)14-7-5-13(4-2)6-8-14/h5-9,11H,3-4,10,12H2,1-2H3,(H,18,19,21). The van der Waals surface area contributed by atoms with Crippen LogP contribution in [0.1, 0.15) is 36.2 Å². The van der Waals surface area contributed by atoms with Gasteiger partial charge in [-0.25, -0.2) is 4.98 Å². The maximum atomic E-state index is 12.6. The highest BCUT2D eigenvalue weighted by atomic mass is 32.1. The Morgan fingerprint density at radius 2 is 1.96 bits per heavy atom. The highest BCUT2D eigenvalue weighted by Crippen LogP contribution is 2.12. The first-order valence-electron chi connectivity index (χ1n) is 7.71. The Hall–Kier alpha value is -2.21. The molecular weight excluding hydrogens is 310 g/mol. The number of aryl methyl sites for hydroxylation is 1. The van der Waals surface area contributed by atoms with Gasteiger partial charge in [-0.3, -0.25) is 9.59 Å². The largest absolute Gasteiger partial charge is 0.329 e. The van der Waals surface area contributed by atoms with Crippen LogP contribution in [0.5, 0.6) is 0 Å². The van der Waals surface area contributed by atoms with Gasteiger partial charge in [-0.1, -0.05) is 26.0 Å². The van der Waals surface area contributed by atoms with Crippen molar-refractivity contribution >= 4 is 28.3 Å². The van der Waals surface area contributed by atoms with E-state index < -0.39 is 0 Å². The van der Waals surface area contributed by atoms with Crippen LogP contribution in [0.25, 0.3) is 0 Å². The van der Waals surface area contributed by atoms with E-state index in [4.69, 9.17) is 0 Å². The Bertz CT molecular complexity index is 638. The van der Waals surface area contributed by atoms with Crippen LogP contribution in [-0.2, 0) is 11.2 Å². The maximum Gasteiger partial charge on any atom is 0.254 e. The fraction of sp³-hybridized carbons (Fsp3) is 0.353. The van der Waals surface area contributed by atoms with E-state index >= 15 is 0 Å². The Morgan fingerprint density at radius 3 is 2.52 bits per heavy atom. The zero-order valence-electron chi connectivity index (χ0n) is 13.4. The third kappa shape index (κ3) is 4.89.